The first-order valence-corrected chi connectivity index (χ1v) is 3.10. The van der Waals surface area contributed by atoms with Gasteiger partial charge in [-0.2, -0.15) is 5.01 Å². The molecule has 0 spiro atoms. The van der Waals surface area contributed by atoms with Gasteiger partial charge in [0.1, 0.15) is 0 Å². The van der Waals surface area contributed by atoms with E-state index in [1.807, 2.05) is 5.16 Å². The standard InChI is InChI=1S/C5H4N2O2S/c8-4-1-2-5(9)7(4)6-3-10/h1-2H2. The lowest BCUT2D eigenvalue weighted by Gasteiger charge is -2.00. The number of imide groups is 1. The molecule has 52 valence electrons. The van der Waals surface area contributed by atoms with Crippen molar-refractivity contribution in [2.24, 2.45) is 5.10 Å². The second kappa shape index (κ2) is 2.68. The molecule has 1 heterocycles. The summed E-state index contributed by atoms with van der Waals surface area (Å²) in [6.45, 7) is 0. The quantitative estimate of drug-likeness (QED) is 0.308. The molecule has 0 saturated carbocycles. The van der Waals surface area contributed by atoms with Crippen molar-refractivity contribution in [3.63, 3.8) is 0 Å². The van der Waals surface area contributed by atoms with Gasteiger partial charge in [-0.05, 0) is 12.2 Å². The Morgan fingerprint density at radius 2 is 1.90 bits per heavy atom. The van der Waals surface area contributed by atoms with Crippen LogP contribution in [0.15, 0.2) is 5.10 Å². The fourth-order valence-corrected chi connectivity index (χ4v) is 0.799. The Kier molecular flexibility index (Phi) is 1.89. The highest BCUT2D eigenvalue weighted by Gasteiger charge is 2.28. The molecule has 0 N–H and O–H groups in total. The third-order valence-electron chi connectivity index (χ3n) is 1.17. The Balaban J connectivity index is 2.81. The van der Waals surface area contributed by atoms with Crippen molar-refractivity contribution in [2.45, 2.75) is 12.8 Å². The number of hydrogen-bond acceptors (Lipinski definition) is 4. The summed E-state index contributed by atoms with van der Waals surface area (Å²) in [5, 5.41) is 6.00. The summed E-state index contributed by atoms with van der Waals surface area (Å²) < 4.78 is 0. The van der Waals surface area contributed by atoms with Gasteiger partial charge in [0.15, 0.2) is 0 Å². The summed E-state index contributed by atoms with van der Waals surface area (Å²) >= 11 is 4.23. The van der Waals surface area contributed by atoms with Crippen LogP contribution in [0.1, 0.15) is 12.8 Å². The highest BCUT2D eigenvalue weighted by molar-refractivity contribution is 7.78. The van der Waals surface area contributed by atoms with Gasteiger partial charge < -0.3 is 0 Å². The number of rotatable bonds is 1. The SMILES string of the molecule is O=C1CCC(=O)N1N=C=S. The Morgan fingerprint density at radius 1 is 1.40 bits per heavy atom. The summed E-state index contributed by atoms with van der Waals surface area (Å²) in [7, 11) is 0. The van der Waals surface area contributed by atoms with Crippen molar-refractivity contribution in [2.75, 3.05) is 0 Å². The zero-order chi connectivity index (χ0) is 7.56. The molecule has 0 atom stereocenters. The van der Waals surface area contributed by atoms with E-state index in [0.29, 0.717) is 0 Å². The van der Waals surface area contributed by atoms with Crippen molar-refractivity contribution >= 4 is 29.2 Å². The molecule has 10 heavy (non-hydrogen) atoms. The summed E-state index contributed by atoms with van der Waals surface area (Å²) in [5.41, 5.74) is 0. The number of hydrogen-bond donors (Lipinski definition) is 0. The molecule has 0 aromatic carbocycles. The Labute approximate surface area is 62.5 Å². The maximum atomic E-state index is 10.7. The predicted molar refractivity (Wildman–Crippen MR) is 36.1 cm³/mol. The lowest BCUT2D eigenvalue weighted by atomic mass is 10.4. The fraction of sp³-hybridized carbons (Fsp3) is 0.400. The number of carbonyl (C=O) groups excluding carboxylic acids is 2. The molecule has 1 saturated heterocycles. The summed E-state index contributed by atoms with van der Waals surface area (Å²) in [5.74, 6) is -0.607. The zero-order valence-electron chi connectivity index (χ0n) is 5.03. The van der Waals surface area contributed by atoms with E-state index in [4.69, 9.17) is 0 Å². The molecule has 1 fully saturated rings. The Morgan fingerprint density at radius 3 is 2.30 bits per heavy atom. The first-order chi connectivity index (χ1) is 4.75. The van der Waals surface area contributed by atoms with Crippen LogP contribution in [0.3, 0.4) is 0 Å². The van der Waals surface area contributed by atoms with Crippen LogP contribution in [0.25, 0.3) is 0 Å². The van der Waals surface area contributed by atoms with Gasteiger partial charge in [0.25, 0.3) is 11.8 Å². The van der Waals surface area contributed by atoms with Crippen LogP contribution in [0.4, 0.5) is 0 Å². The van der Waals surface area contributed by atoms with Gasteiger partial charge in [0.2, 0.25) is 0 Å². The van der Waals surface area contributed by atoms with Gasteiger partial charge in [-0.25, -0.2) is 0 Å². The molecule has 5 heteroatoms. The average Bonchev–Trinajstić information content (AvgIpc) is 2.20. The van der Waals surface area contributed by atoms with Crippen molar-refractivity contribution in [3.8, 4) is 0 Å². The van der Waals surface area contributed by atoms with E-state index >= 15 is 0 Å². The maximum Gasteiger partial charge on any atom is 0.251 e. The highest BCUT2D eigenvalue weighted by Crippen LogP contribution is 2.10. The maximum absolute atomic E-state index is 10.7. The third kappa shape index (κ3) is 1.10. The minimum atomic E-state index is -0.303. The Hall–Kier alpha value is -1.06. The van der Waals surface area contributed by atoms with E-state index in [0.717, 1.165) is 5.01 Å². The van der Waals surface area contributed by atoms with E-state index in [1.165, 1.54) is 0 Å². The van der Waals surface area contributed by atoms with Crippen molar-refractivity contribution in [1.29, 1.82) is 0 Å². The van der Waals surface area contributed by atoms with E-state index < -0.39 is 0 Å². The normalized spacial score (nSPS) is 17.4. The summed E-state index contributed by atoms with van der Waals surface area (Å²) in [6.07, 6.45) is 0.471. The molecule has 0 radical (unpaired) electrons. The molecule has 0 aliphatic carbocycles. The molecule has 2 amide bonds. The van der Waals surface area contributed by atoms with Crippen molar-refractivity contribution in [1.82, 2.24) is 5.01 Å². The van der Waals surface area contributed by atoms with Crippen LogP contribution < -0.4 is 0 Å². The number of hydrazone groups is 1. The number of isothiocyanates is 1. The van der Waals surface area contributed by atoms with Gasteiger partial charge in [-0.3, -0.25) is 9.59 Å². The molecule has 4 nitrogen and oxygen atoms in total. The van der Waals surface area contributed by atoms with Crippen molar-refractivity contribution < 1.29 is 9.59 Å². The second-order valence-electron chi connectivity index (χ2n) is 1.79. The van der Waals surface area contributed by atoms with Crippen LogP contribution in [0.2, 0.25) is 0 Å². The molecule has 1 aliphatic heterocycles. The van der Waals surface area contributed by atoms with E-state index in [2.05, 4.69) is 17.3 Å². The van der Waals surface area contributed by atoms with E-state index in [-0.39, 0.29) is 24.7 Å². The smallest absolute Gasteiger partial charge is 0.251 e. The Bertz CT molecular complexity index is 216. The largest absolute Gasteiger partial charge is 0.272 e. The van der Waals surface area contributed by atoms with Gasteiger partial charge in [-0.1, -0.05) is 0 Å². The van der Waals surface area contributed by atoms with Crippen LogP contribution in [0.5, 0.6) is 0 Å². The van der Waals surface area contributed by atoms with Gasteiger partial charge in [0.05, 0.1) is 5.16 Å². The van der Waals surface area contributed by atoms with Crippen LogP contribution >= 0.6 is 12.2 Å². The van der Waals surface area contributed by atoms with Gasteiger partial charge in [0, 0.05) is 12.8 Å². The molecular formula is C5H4N2O2S. The summed E-state index contributed by atoms with van der Waals surface area (Å²) in [6, 6.07) is 0. The predicted octanol–water partition coefficient (Wildman–Crippen LogP) is 0.153. The van der Waals surface area contributed by atoms with E-state index in [9.17, 15) is 9.59 Å². The minimum absolute atomic E-state index is 0.235. The zero-order valence-corrected chi connectivity index (χ0v) is 5.85. The molecule has 0 bridgehead atoms. The number of amides is 2. The third-order valence-corrected chi connectivity index (χ3v) is 1.25. The molecule has 0 aromatic rings. The van der Waals surface area contributed by atoms with E-state index in [1.54, 1.807) is 0 Å². The summed E-state index contributed by atoms with van der Waals surface area (Å²) in [4.78, 5) is 21.4. The lowest BCUT2D eigenvalue weighted by Crippen LogP contribution is -2.22. The molecule has 1 rings (SSSR count). The first-order valence-electron chi connectivity index (χ1n) is 2.69. The molecular weight excluding hydrogens is 152 g/mol. The highest BCUT2D eigenvalue weighted by atomic mass is 32.1. The fourth-order valence-electron chi connectivity index (χ4n) is 0.717. The number of carbonyl (C=O) groups is 2. The van der Waals surface area contributed by atoms with Gasteiger partial charge in [-0.15, -0.1) is 5.10 Å². The number of nitrogens with zero attached hydrogens (tertiary/aromatic N) is 2. The van der Waals surface area contributed by atoms with Crippen LogP contribution in [-0.2, 0) is 9.59 Å². The molecule has 1 aliphatic rings. The second-order valence-corrected chi connectivity index (χ2v) is 1.97. The lowest BCUT2D eigenvalue weighted by molar-refractivity contribution is -0.138. The van der Waals surface area contributed by atoms with Crippen LogP contribution in [0, 0.1) is 0 Å². The van der Waals surface area contributed by atoms with Crippen LogP contribution in [-0.4, -0.2) is 22.0 Å². The first kappa shape index (κ1) is 7.05. The monoisotopic (exact) mass is 156 g/mol. The van der Waals surface area contributed by atoms with Crippen molar-refractivity contribution in [3.05, 3.63) is 0 Å². The minimum Gasteiger partial charge on any atom is -0.272 e. The number of thiocarbonyl (C=S) groups is 1. The molecule has 0 aromatic heterocycles. The van der Waals surface area contributed by atoms with Gasteiger partial charge >= 0.3 is 0 Å². The topological polar surface area (TPSA) is 49.7 Å². The molecule has 0 unspecified atom stereocenters. The average molecular weight is 156 g/mol.